The van der Waals surface area contributed by atoms with Crippen molar-refractivity contribution >= 4 is 34.7 Å². The smallest absolute Gasteiger partial charge is 0.308 e. The van der Waals surface area contributed by atoms with Gasteiger partial charge in [0.1, 0.15) is 17.4 Å². The lowest BCUT2D eigenvalue weighted by atomic mass is 9.83. The van der Waals surface area contributed by atoms with Gasteiger partial charge in [0.05, 0.1) is 12.1 Å². The number of carbonyl (C=O) groups excluding carboxylic acids is 4. The minimum atomic E-state index is -1.29. The van der Waals surface area contributed by atoms with Gasteiger partial charge in [0.15, 0.2) is 0 Å². The fourth-order valence-corrected chi connectivity index (χ4v) is 6.42. The Morgan fingerprint density at radius 3 is 2.20 bits per heavy atom. The van der Waals surface area contributed by atoms with E-state index in [1.165, 1.54) is 13.8 Å². The Morgan fingerprint density at radius 1 is 0.857 bits per heavy atom. The molecule has 0 aliphatic rings. The summed E-state index contributed by atoms with van der Waals surface area (Å²) in [5.74, 6) is -0.807. The highest BCUT2D eigenvalue weighted by molar-refractivity contribution is 5.97. The number of H-pyrrole nitrogens is 1. The van der Waals surface area contributed by atoms with E-state index >= 15 is 0 Å². The van der Waals surface area contributed by atoms with Crippen LogP contribution in [0.25, 0.3) is 22.2 Å². The van der Waals surface area contributed by atoms with Crippen LogP contribution in [0.1, 0.15) is 77.3 Å². The van der Waals surface area contributed by atoms with Crippen LogP contribution in [0.4, 0.5) is 0 Å². The molecule has 9 heteroatoms. The van der Waals surface area contributed by atoms with E-state index in [4.69, 9.17) is 9.47 Å². The first-order valence-electron chi connectivity index (χ1n) is 17.2. The number of para-hydroxylation sites is 1. The second-order valence-corrected chi connectivity index (χ2v) is 12.8. The second-order valence-electron chi connectivity index (χ2n) is 12.8. The molecule has 49 heavy (non-hydrogen) atoms. The van der Waals surface area contributed by atoms with Crippen LogP contribution in [0.15, 0.2) is 78.9 Å². The molecule has 0 saturated heterocycles. The zero-order valence-corrected chi connectivity index (χ0v) is 29.3. The standard InChI is InChI=1S/C40H49N3O6/c1-6-8-25-43(5)39(47)40(27-30-15-10-9-11-16-30,24-23-32(14-7-2)48-28(3)44)42-37(46)26-35-34-17-12-13-18-36(34)41-38(35)31-19-21-33(22-20-31)49-29(4)45/h9-13,15-22,32,41H,6-8,14,23-27H2,1-5H3,(H,42,46). The number of likely N-dealkylation sites (N-methyl/N-ethyl adjacent to an activating group) is 1. The third-order valence-electron chi connectivity index (χ3n) is 8.72. The minimum Gasteiger partial charge on any atom is -0.463 e. The quantitative estimate of drug-likeness (QED) is 0.0911. The van der Waals surface area contributed by atoms with Crippen LogP contribution >= 0.6 is 0 Å². The maximum absolute atomic E-state index is 14.6. The van der Waals surface area contributed by atoms with Crippen LogP contribution in [-0.2, 0) is 36.8 Å². The lowest BCUT2D eigenvalue weighted by molar-refractivity contribution is -0.148. The molecule has 1 aromatic heterocycles. The molecule has 2 unspecified atom stereocenters. The summed E-state index contributed by atoms with van der Waals surface area (Å²) in [6.07, 6.45) is 3.85. The second kappa shape index (κ2) is 17.5. The van der Waals surface area contributed by atoms with Crippen molar-refractivity contribution in [3.8, 4) is 17.0 Å². The van der Waals surface area contributed by atoms with Crippen molar-refractivity contribution < 1.29 is 28.7 Å². The van der Waals surface area contributed by atoms with Crippen LogP contribution in [0.2, 0.25) is 0 Å². The predicted molar refractivity (Wildman–Crippen MR) is 192 cm³/mol. The molecule has 2 N–H and O–H groups in total. The number of amides is 2. The zero-order chi connectivity index (χ0) is 35.4. The molecule has 1 heterocycles. The number of aromatic amines is 1. The maximum atomic E-state index is 14.6. The number of carbonyl (C=O) groups is 4. The molecule has 0 spiro atoms. The molecule has 260 valence electrons. The lowest BCUT2D eigenvalue weighted by Crippen LogP contribution is -2.61. The topological polar surface area (TPSA) is 118 Å². The molecular formula is C40H49N3O6. The Balaban J connectivity index is 1.75. The number of hydrogen-bond donors (Lipinski definition) is 2. The number of rotatable bonds is 17. The van der Waals surface area contributed by atoms with Crippen molar-refractivity contribution in [2.45, 2.75) is 90.7 Å². The van der Waals surface area contributed by atoms with E-state index in [9.17, 15) is 19.2 Å². The molecule has 9 nitrogen and oxygen atoms in total. The molecule has 0 saturated carbocycles. The molecule has 0 radical (unpaired) electrons. The zero-order valence-electron chi connectivity index (χ0n) is 29.3. The van der Waals surface area contributed by atoms with E-state index in [-0.39, 0.29) is 36.7 Å². The minimum absolute atomic E-state index is 0.00979. The summed E-state index contributed by atoms with van der Waals surface area (Å²) in [5, 5.41) is 4.16. The van der Waals surface area contributed by atoms with Gasteiger partial charge in [-0.15, -0.1) is 0 Å². The van der Waals surface area contributed by atoms with Crippen molar-refractivity contribution in [3.63, 3.8) is 0 Å². The van der Waals surface area contributed by atoms with Gasteiger partial charge >= 0.3 is 11.9 Å². The molecule has 0 bridgehead atoms. The first kappa shape index (κ1) is 36.9. The van der Waals surface area contributed by atoms with E-state index in [1.807, 2.05) is 73.7 Å². The molecule has 2 amide bonds. The number of aromatic nitrogens is 1. The highest BCUT2D eigenvalue weighted by Crippen LogP contribution is 2.33. The Hall–Kier alpha value is -4.92. The summed E-state index contributed by atoms with van der Waals surface area (Å²) in [6, 6.07) is 24.6. The van der Waals surface area contributed by atoms with Gasteiger partial charge in [-0.2, -0.15) is 0 Å². The highest BCUT2D eigenvalue weighted by Gasteiger charge is 2.42. The van der Waals surface area contributed by atoms with Crippen molar-refractivity contribution in [2.75, 3.05) is 13.6 Å². The van der Waals surface area contributed by atoms with Crippen molar-refractivity contribution in [1.82, 2.24) is 15.2 Å². The predicted octanol–water partition coefficient (Wildman–Crippen LogP) is 7.17. The Morgan fingerprint density at radius 2 is 1.55 bits per heavy atom. The molecule has 0 aliphatic heterocycles. The molecule has 4 rings (SSSR count). The average Bonchev–Trinajstić information content (AvgIpc) is 3.43. The third kappa shape index (κ3) is 10.0. The van der Waals surface area contributed by atoms with E-state index in [0.29, 0.717) is 31.6 Å². The first-order chi connectivity index (χ1) is 23.5. The summed E-state index contributed by atoms with van der Waals surface area (Å²) >= 11 is 0. The number of fused-ring (bicyclic) bond motifs is 1. The van der Waals surface area contributed by atoms with Gasteiger partial charge in [-0.25, -0.2) is 0 Å². The number of hydrogen-bond acceptors (Lipinski definition) is 6. The Kier molecular flexibility index (Phi) is 13.2. The summed E-state index contributed by atoms with van der Waals surface area (Å²) in [4.78, 5) is 57.6. The number of esters is 2. The highest BCUT2D eigenvalue weighted by atomic mass is 16.5. The van der Waals surface area contributed by atoms with Gasteiger partial charge in [0, 0.05) is 44.8 Å². The van der Waals surface area contributed by atoms with Crippen molar-refractivity contribution in [1.29, 1.82) is 0 Å². The fourth-order valence-electron chi connectivity index (χ4n) is 6.42. The molecular weight excluding hydrogens is 618 g/mol. The first-order valence-corrected chi connectivity index (χ1v) is 17.2. The van der Waals surface area contributed by atoms with Gasteiger partial charge in [0.25, 0.3) is 0 Å². The third-order valence-corrected chi connectivity index (χ3v) is 8.72. The summed E-state index contributed by atoms with van der Waals surface area (Å²) < 4.78 is 10.9. The van der Waals surface area contributed by atoms with E-state index in [2.05, 4.69) is 17.2 Å². The maximum Gasteiger partial charge on any atom is 0.308 e. The molecule has 2 atom stereocenters. The number of nitrogens with one attached hydrogen (secondary N) is 2. The fraction of sp³-hybridized carbons (Fsp3) is 0.400. The lowest BCUT2D eigenvalue weighted by Gasteiger charge is -2.38. The van der Waals surface area contributed by atoms with E-state index < -0.39 is 11.5 Å². The average molecular weight is 668 g/mol. The number of nitrogens with zero attached hydrogens (tertiary/aromatic N) is 1. The van der Waals surface area contributed by atoms with Crippen LogP contribution in [0, 0.1) is 0 Å². The van der Waals surface area contributed by atoms with Crippen LogP contribution in [0.5, 0.6) is 5.75 Å². The summed E-state index contributed by atoms with van der Waals surface area (Å²) in [5.41, 5.74) is 2.88. The number of ether oxygens (including phenoxy) is 2. The van der Waals surface area contributed by atoms with Gasteiger partial charge in [-0.05, 0) is 72.7 Å². The summed E-state index contributed by atoms with van der Waals surface area (Å²) in [6.45, 7) is 7.41. The Labute approximate surface area is 289 Å². The van der Waals surface area contributed by atoms with E-state index in [0.717, 1.165) is 52.5 Å². The normalized spacial score (nSPS) is 12.9. The number of unbranched alkanes of at least 4 members (excludes halogenated alkanes) is 1. The van der Waals surface area contributed by atoms with Crippen molar-refractivity contribution in [2.24, 2.45) is 0 Å². The van der Waals surface area contributed by atoms with Gasteiger partial charge < -0.3 is 24.7 Å². The van der Waals surface area contributed by atoms with Crippen LogP contribution < -0.4 is 10.1 Å². The molecule has 3 aromatic carbocycles. The molecule has 0 fully saturated rings. The van der Waals surface area contributed by atoms with Crippen LogP contribution in [-0.4, -0.2) is 58.9 Å². The molecule has 0 aliphatic carbocycles. The van der Waals surface area contributed by atoms with Gasteiger partial charge in [-0.3, -0.25) is 19.2 Å². The molecule has 4 aromatic rings. The van der Waals surface area contributed by atoms with Gasteiger partial charge in [-0.1, -0.05) is 75.2 Å². The van der Waals surface area contributed by atoms with Gasteiger partial charge in [0.2, 0.25) is 11.8 Å². The monoisotopic (exact) mass is 667 g/mol. The number of benzene rings is 3. The summed E-state index contributed by atoms with van der Waals surface area (Å²) in [7, 11) is 1.79. The largest absolute Gasteiger partial charge is 0.463 e. The Bertz CT molecular complexity index is 1720. The van der Waals surface area contributed by atoms with Crippen molar-refractivity contribution in [3.05, 3.63) is 90.0 Å². The van der Waals surface area contributed by atoms with E-state index in [1.54, 1.807) is 24.1 Å². The van der Waals surface area contributed by atoms with Crippen LogP contribution in [0.3, 0.4) is 0 Å². The SMILES string of the molecule is CCCCN(C)C(=O)C(CCC(CCC)OC(C)=O)(Cc1ccccc1)NC(=O)Cc1c(-c2ccc(OC(C)=O)cc2)[nH]c2ccccc12.